The first-order valence-electron chi connectivity index (χ1n) is 4.18. The van der Waals surface area contributed by atoms with Crippen molar-refractivity contribution in [2.75, 3.05) is 23.9 Å². The molecule has 14 heavy (non-hydrogen) atoms. The van der Waals surface area contributed by atoms with Crippen molar-refractivity contribution >= 4 is 15.7 Å². The van der Waals surface area contributed by atoms with Crippen molar-refractivity contribution in [2.24, 2.45) is 0 Å². The van der Waals surface area contributed by atoms with Gasteiger partial charge in [-0.25, -0.2) is 18.4 Å². The number of rotatable bonds is 4. The van der Waals surface area contributed by atoms with E-state index in [1.165, 1.54) is 6.26 Å². The van der Waals surface area contributed by atoms with E-state index in [0.29, 0.717) is 18.2 Å². The van der Waals surface area contributed by atoms with Crippen LogP contribution in [-0.2, 0) is 9.84 Å². The number of sulfone groups is 1. The summed E-state index contributed by atoms with van der Waals surface area (Å²) in [5, 5.41) is 2.91. The van der Waals surface area contributed by atoms with Crippen molar-refractivity contribution < 1.29 is 8.42 Å². The van der Waals surface area contributed by atoms with Crippen LogP contribution in [0, 0.1) is 6.92 Å². The monoisotopic (exact) mass is 215 g/mol. The molecule has 0 aliphatic rings. The van der Waals surface area contributed by atoms with Crippen LogP contribution < -0.4 is 5.32 Å². The molecule has 1 N–H and O–H groups in total. The van der Waals surface area contributed by atoms with Crippen molar-refractivity contribution in [1.82, 2.24) is 9.97 Å². The zero-order valence-electron chi connectivity index (χ0n) is 8.19. The van der Waals surface area contributed by atoms with Gasteiger partial charge in [-0.3, -0.25) is 0 Å². The summed E-state index contributed by atoms with van der Waals surface area (Å²) in [6.45, 7) is 2.15. The van der Waals surface area contributed by atoms with Gasteiger partial charge in [0, 0.05) is 19.0 Å². The Balaban J connectivity index is 2.47. The number of nitrogens with zero attached hydrogens (tertiary/aromatic N) is 2. The largest absolute Gasteiger partial charge is 0.369 e. The number of hydrogen-bond acceptors (Lipinski definition) is 5. The van der Waals surface area contributed by atoms with E-state index in [4.69, 9.17) is 0 Å². The van der Waals surface area contributed by atoms with E-state index in [9.17, 15) is 8.42 Å². The molecular formula is C8H13N3O2S. The van der Waals surface area contributed by atoms with Gasteiger partial charge in [0.15, 0.2) is 0 Å². The highest BCUT2D eigenvalue weighted by Gasteiger charge is 2.01. The molecule has 0 atom stereocenters. The molecule has 0 radical (unpaired) electrons. The third kappa shape index (κ3) is 4.18. The molecule has 1 heterocycles. The van der Waals surface area contributed by atoms with Gasteiger partial charge in [0.05, 0.1) is 5.75 Å². The second-order valence-corrected chi connectivity index (χ2v) is 5.31. The second-order valence-electron chi connectivity index (χ2n) is 3.05. The summed E-state index contributed by atoms with van der Waals surface area (Å²) in [4.78, 5) is 8.00. The number of aromatic nitrogens is 2. The maximum Gasteiger partial charge on any atom is 0.149 e. The van der Waals surface area contributed by atoms with Crippen molar-refractivity contribution in [3.05, 3.63) is 18.1 Å². The van der Waals surface area contributed by atoms with Crippen LogP contribution >= 0.6 is 0 Å². The maximum atomic E-state index is 10.8. The molecule has 0 aromatic carbocycles. The summed E-state index contributed by atoms with van der Waals surface area (Å²) in [6, 6.07) is 1.70. The molecule has 1 rings (SSSR count). The van der Waals surface area contributed by atoms with Gasteiger partial charge in [-0.15, -0.1) is 0 Å². The molecule has 0 spiro atoms. The molecule has 0 saturated heterocycles. The number of nitrogens with one attached hydrogen (secondary N) is 1. The molecule has 1 aromatic rings. The Hall–Kier alpha value is -1.17. The SMILES string of the molecule is Cc1nccc(NCCS(C)(=O)=O)n1. The molecule has 78 valence electrons. The van der Waals surface area contributed by atoms with E-state index in [0.717, 1.165) is 0 Å². The highest BCUT2D eigenvalue weighted by Crippen LogP contribution is 2.00. The zero-order valence-corrected chi connectivity index (χ0v) is 9.00. The highest BCUT2D eigenvalue weighted by molar-refractivity contribution is 7.90. The Bertz CT molecular complexity index is 403. The third-order valence-electron chi connectivity index (χ3n) is 1.56. The Morgan fingerprint density at radius 1 is 1.50 bits per heavy atom. The predicted molar refractivity (Wildman–Crippen MR) is 55.0 cm³/mol. The van der Waals surface area contributed by atoms with Gasteiger partial charge in [-0.05, 0) is 13.0 Å². The fraction of sp³-hybridized carbons (Fsp3) is 0.500. The fourth-order valence-corrected chi connectivity index (χ4v) is 1.39. The van der Waals surface area contributed by atoms with E-state index in [1.807, 2.05) is 0 Å². The number of aryl methyl sites for hydroxylation is 1. The topological polar surface area (TPSA) is 72.0 Å². The van der Waals surface area contributed by atoms with E-state index < -0.39 is 9.84 Å². The van der Waals surface area contributed by atoms with Gasteiger partial charge in [-0.1, -0.05) is 0 Å². The molecule has 0 aliphatic carbocycles. The van der Waals surface area contributed by atoms with Crippen LogP contribution in [0.5, 0.6) is 0 Å². The van der Waals surface area contributed by atoms with Gasteiger partial charge >= 0.3 is 0 Å². The van der Waals surface area contributed by atoms with E-state index in [1.54, 1.807) is 19.2 Å². The van der Waals surface area contributed by atoms with Crippen molar-refractivity contribution in [2.45, 2.75) is 6.92 Å². The highest BCUT2D eigenvalue weighted by atomic mass is 32.2. The van der Waals surface area contributed by atoms with Crippen LogP contribution in [0.1, 0.15) is 5.82 Å². The first-order chi connectivity index (χ1) is 6.47. The molecule has 0 fully saturated rings. The van der Waals surface area contributed by atoms with Gasteiger partial charge in [0.2, 0.25) is 0 Å². The lowest BCUT2D eigenvalue weighted by atomic mass is 10.5. The average molecular weight is 215 g/mol. The Kier molecular flexibility index (Phi) is 3.40. The van der Waals surface area contributed by atoms with E-state index >= 15 is 0 Å². The van der Waals surface area contributed by atoms with E-state index in [2.05, 4.69) is 15.3 Å². The summed E-state index contributed by atoms with van der Waals surface area (Å²) in [5.74, 6) is 1.42. The average Bonchev–Trinajstić information content (AvgIpc) is 2.01. The van der Waals surface area contributed by atoms with Crippen molar-refractivity contribution in [3.8, 4) is 0 Å². The normalized spacial score (nSPS) is 11.3. The Labute approximate surface area is 83.5 Å². The summed E-state index contributed by atoms with van der Waals surface area (Å²) in [7, 11) is -2.91. The Morgan fingerprint density at radius 2 is 2.21 bits per heavy atom. The lowest BCUT2D eigenvalue weighted by Crippen LogP contribution is -2.14. The summed E-state index contributed by atoms with van der Waals surface area (Å²) < 4.78 is 21.6. The smallest absolute Gasteiger partial charge is 0.149 e. The lowest BCUT2D eigenvalue weighted by molar-refractivity contribution is 0.602. The van der Waals surface area contributed by atoms with Crippen LogP contribution in [0.25, 0.3) is 0 Å². The molecule has 0 bridgehead atoms. The zero-order chi connectivity index (χ0) is 10.6. The van der Waals surface area contributed by atoms with Crippen LogP contribution in [0.3, 0.4) is 0 Å². The summed E-state index contributed by atoms with van der Waals surface area (Å²) in [6.07, 6.45) is 2.84. The predicted octanol–water partition coefficient (Wildman–Crippen LogP) is 0.242. The first-order valence-corrected chi connectivity index (χ1v) is 6.25. The summed E-state index contributed by atoms with van der Waals surface area (Å²) >= 11 is 0. The molecule has 0 amide bonds. The van der Waals surface area contributed by atoms with Gasteiger partial charge < -0.3 is 5.32 Å². The minimum Gasteiger partial charge on any atom is -0.369 e. The van der Waals surface area contributed by atoms with Gasteiger partial charge in [-0.2, -0.15) is 0 Å². The van der Waals surface area contributed by atoms with Crippen LogP contribution in [-0.4, -0.2) is 36.9 Å². The third-order valence-corrected chi connectivity index (χ3v) is 2.50. The standard InChI is InChI=1S/C8H13N3O2S/c1-7-9-4-3-8(11-7)10-5-6-14(2,12)13/h3-4H,5-6H2,1-2H3,(H,9,10,11). The molecule has 0 aliphatic heterocycles. The molecule has 1 aromatic heterocycles. The molecule has 0 unspecified atom stereocenters. The summed E-state index contributed by atoms with van der Waals surface area (Å²) in [5.41, 5.74) is 0. The Morgan fingerprint density at radius 3 is 2.79 bits per heavy atom. The molecule has 0 saturated carbocycles. The molecule has 6 heteroatoms. The van der Waals surface area contributed by atoms with Crippen LogP contribution in [0.4, 0.5) is 5.82 Å². The molecule has 5 nitrogen and oxygen atoms in total. The van der Waals surface area contributed by atoms with Crippen LogP contribution in [0.2, 0.25) is 0 Å². The van der Waals surface area contributed by atoms with Crippen LogP contribution in [0.15, 0.2) is 12.3 Å². The first kappa shape index (κ1) is 10.9. The number of anilines is 1. The van der Waals surface area contributed by atoms with Gasteiger partial charge in [0.1, 0.15) is 21.5 Å². The van der Waals surface area contributed by atoms with Crippen molar-refractivity contribution in [1.29, 1.82) is 0 Å². The quantitative estimate of drug-likeness (QED) is 0.779. The lowest BCUT2D eigenvalue weighted by Gasteiger charge is -2.04. The maximum absolute atomic E-state index is 10.8. The minimum atomic E-state index is -2.91. The second kappa shape index (κ2) is 4.36. The van der Waals surface area contributed by atoms with Crippen molar-refractivity contribution in [3.63, 3.8) is 0 Å². The van der Waals surface area contributed by atoms with E-state index in [-0.39, 0.29) is 5.75 Å². The minimum absolute atomic E-state index is 0.107. The van der Waals surface area contributed by atoms with Gasteiger partial charge in [0.25, 0.3) is 0 Å². The fourth-order valence-electron chi connectivity index (χ4n) is 0.919. The number of hydrogen-bond donors (Lipinski definition) is 1. The molecular weight excluding hydrogens is 202 g/mol.